The number of carbonyl (C=O) groups excluding carboxylic acids is 2. The maximum Gasteiger partial charge on any atom is 0.251 e. The number of H-pyrrole nitrogens is 1. The summed E-state index contributed by atoms with van der Waals surface area (Å²) in [5.41, 5.74) is 1.41. The van der Waals surface area contributed by atoms with Crippen LogP contribution >= 0.6 is 0 Å². The van der Waals surface area contributed by atoms with E-state index >= 15 is 0 Å². The van der Waals surface area contributed by atoms with Crippen LogP contribution in [-0.4, -0.2) is 28.1 Å². The van der Waals surface area contributed by atoms with Gasteiger partial charge in [0.05, 0.1) is 12.2 Å². The summed E-state index contributed by atoms with van der Waals surface area (Å²) in [6, 6.07) is 8.00. The summed E-state index contributed by atoms with van der Waals surface area (Å²) in [7, 11) is 0. The molecule has 2 unspecified atom stereocenters. The zero-order chi connectivity index (χ0) is 15.2. The molecule has 2 amide bonds. The molecular formula is C15H18N4O2. The van der Waals surface area contributed by atoms with Crippen LogP contribution in [0.1, 0.15) is 35.8 Å². The van der Waals surface area contributed by atoms with Crippen LogP contribution in [0.2, 0.25) is 0 Å². The molecule has 0 bridgehead atoms. The Morgan fingerprint density at radius 2 is 1.86 bits per heavy atom. The van der Waals surface area contributed by atoms with Crippen LogP contribution < -0.4 is 10.6 Å². The third-order valence-corrected chi connectivity index (χ3v) is 3.15. The third-order valence-electron chi connectivity index (χ3n) is 3.15. The number of aromatic nitrogens is 2. The lowest BCUT2D eigenvalue weighted by Crippen LogP contribution is -2.45. The smallest absolute Gasteiger partial charge is 0.251 e. The molecule has 0 aliphatic rings. The Bertz CT molecular complexity index is 595. The minimum Gasteiger partial charge on any atom is -0.348 e. The Kier molecular flexibility index (Phi) is 4.71. The molecule has 1 heterocycles. The van der Waals surface area contributed by atoms with Crippen molar-refractivity contribution in [3.05, 3.63) is 53.9 Å². The normalized spacial score (nSPS) is 13.2. The third kappa shape index (κ3) is 3.92. The van der Waals surface area contributed by atoms with Gasteiger partial charge in [0.25, 0.3) is 5.91 Å². The Morgan fingerprint density at radius 3 is 2.48 bits per heavy atom. The molecule has 0 fully saturated rings. The fourth-order valence-electron chi connectivity index (χ4n) is 1.85. The van der Waals surface area contributed by atoms with Crippen molar-refractivity contribution >= 4 is 11.8 Å². The van der Waals surface area contributed by atoms with Gasteiger partial charge in [-0.1, -0.05) is 18.2 Å². The number of hydrogen-bond acceptors (Lipinski definition) is 3. The van der Waals surface area contributed by atoms with Crippen molar-refractivity contribution in [2.24, 2.45) is 0 Å². The quantitative estimate of drug-likeness (QED) is 0.776. The molecule has 21 heavy (non-hydrogen) atoms. The Labute approximate surface area is 122 Å². The van der Waals surface area contributed by atoms with Crippen molar-refractivity contribution < 1.29 is 9.59 Å². The van der Waals surface area contributed by atoms with E-state index in [0.717, 1.165) is 5.56 Å². The fraction of sp³-hybridized carbons (Fsp3) is 0.267. The summed E-state index contributed by atoms with van der Waals surface area (Å²) < 4.78 is 0. The van der Waals surface area contributed by atoms with Crippen LogP contribution in [0.4, 0.5) is 0 Å². The van der Waals surface area contributed by atoms with E-state index in [2.05, 4.69) is 20.8 Å². The predicted octanol–water partition coefficient (Wildman–Crippen LogP) is 1.41. The first kappa shape index (κ1) is 14.8. The van der Waals surface area contributed by atoms with E-state index in [1.807, 2.05) is 13.0 Å². The first-order valence-corrected chi connectivity index (χ1v) is 6.73. The lowest BCUT2D eigenvalue weighted by Gasteiger charge is -2.17. The van der Waals surface area contributed by atoms with Gasteiger partial charge in [0.15, 0.2) is 0 Å². The number of benzene rings is 1. The zero-order valence-electron chi connectivity index (χ0n) is 12.0. The van der Waals surface area contributed by atoms with Crippen molar-refractivity contribution in [2.75, 3.05) is 0 Å². The predicted molar refractivity (Wildman–Crippen MR) is 78.5 cm³/mol. The van der Waals surface area contributed by atoms with E-state index < -0.39 is 6.04 Å². The van der Waals surface area contributed by atoms with E-state index in [0.29, 0.717) is 5.56 Å². The van der Waals surface area contributed by atoms with Gasteiger partial charge in [-0.3, -0.25) is 14.7 Å². The summed E-state index contributed by atoms with van der Waals surface area (Å²) in [6.07, 6.45) is 3.37. The molecule has 110 valence electrons. The van der Waals surface area contributed by atoms with Gasteiger partial charge in [-0.25, -0.2) is 0 Å². The van der Waals surface area contributed by atoms with Crippen molar-refractivity contribution in [3.63, 3.8) is 0 Å². The average Bonchev–Trinajstić information content (AvgIpc) is 3.02. The molecule has 6 heteroatoms. The average molecular weight is 286 g/mol. The van der Waals surface area contributed by atoms with Crippen molar-refractivity contribution in [2.45, 2.75) is 25.9 Å². The second-order valence-corrected chi connectivity index (χ2v) is 4.82. The number of nitrogens with one attached hydrogen (secondary N) is 3. The molecule has 2 atom stereocenters. The van der Waals surface area contributed by atoms with Gasteiger partial charge >= 0.3 is 0 Å². The number of rotatable bonds is 5. The Morgan fingerprint density at radius 1 is 1.14 bits per heavy atom. The number of aromatic amines is 1. The summed E-state index contributed by atoms with van der Waals surface area (Å²) in [5.74, 6) is -0.512. The largest absolute Gasteiger partial charge is 0.348 e. The summed E-state index contributed by atoms with van der Waals surface area (Å²) in [4.78, 5) is 24.0. The van der Waals surface area contributed by atoms with Gasteiger partial charge in [0, 0.05) is 17.3 Å². The molecule has 1 aromatic heterocycles. The number of hydrogen-bond donors (Lipinski definition) is 3. The molecule has 0 aliphatic heterocycles. The minimum atomic E-state index is -0.618. The zero-order valence-corrected chi connectivity index (χ0v) is 12.0. The topological polar surface area (TPSA) is 86.9 Å². The highest BCUT2D eigenvalue weighted by molar-refractivity contribution is 5.97. The number of amides is 2. The molecule has 1 aromatic carbocycles. The molecular weight excluding hydrogens is 268 g/mol. The molecule has 6 nitrogen and oxygen atoms in total. The van der Waals surface area contributed by atoms with Gasteiger partial charge in [-0.05, 0) is 26.0 Å². The van der Waals surface area contributed by atoms with E-state index in [9.17, 15) is 9.59 Å². The maximum atomic E-state index is 12.1. The standard InChI is InChI=1S/C15H18N4O2/c1-10(13-8-16-17-9-13)18-14(20)11(2)19-15(21)12-6-4-3-5-7-12/h3-11H,1-2H3,(H,16,17)(H,18,20)(H,19,21). The highest BCUT2D eigenvalue weighted by Gasteiger charge is 2.18. The van der Waals surface area contributed by atoms with E-state index in [1.165, 1.54) is 0 Å². The summed E-state index contributed by atoms with van der Waals surface area (Å²) >= 11 is 0. The monoisotopic (exact) mass is 286 g/mol. The van der Waals surface area contributed by atoms with E-state index in [1.54, 1.807) is 43.6 Å². The van der Waals surface area contributed by atoms with Crippen LogP contribution in [-0.2, 0) is 4.79 Å². The molecule has 2 aromatic rings. The molecule has 2 rings (SSSR count). The molecule has 0 spiro atoms. The van der Waals surface area contributed by atoms with Crippen molar-refractivity contribution in [1.29, 1.82) is 0 Å². The van der Waals surface area contributed by atoms with Gasteiger partial charge in [0.1, 0.15) is 6.04 Å². The van der Waals surface area contributed by atoms with Crippen LogP contribution in [0.5, 0.6) is 0 Å². The SMILES string of the molecule is CC(NC(=O)c1ccccc1)C(=O)NC(C)c1cn[nH]c1. The van der Waals surface area contributed by atoms with Crippen molar-refractivity contribution in [3.8, 4) is 0 Å². The highest BCUT2D eigenvalue weighted by atomic mass is 16.2. The highest BCUT2D eigenvalue weighted by Crippen LogP contribution is 2.09. The van der Waals surface area contributed by atoms with Crippen LogP contribution in [0.25, 0.3) is 0 Å². The Balaban J connectivity index is 1.89. The van der Waals surface area contributed by atoms with Gasteiger partial charge in [-0.15, -0.1) is 0 Å². The fourth-order valence-corrected chi connectivity index (χ4v) is 1.85. The lowest BCUT2D eigenvalue weighted by atomic mass is 10.1. The van der Waals surface area contributed by atoms with Gasteiger partial charge < -0.3 is 10.6 Å². The van der Waals surface area contributed by atoms with E-state index in [-0.39, 0.29) is 17.9 Å². The maximum absolute atomic E-state index is 12.1. The van der Waals surface area contributed by atoms with E-state index in [4.69, 9.17) is 0 Å². The van der Waals surface area contributed by atoms with Gasteiger partial charge in [-0.2, -0.15) is 5.10 Å². The van der Waals surface area contributed by atoms with Crippen LogP contribution in [0, 0.1) is 0 Å². The lowest BCUT2D eigenvalue weighted by molar-refractivity contribution is -0.123. The molecule has 0 radical (unpaired) electrons. The van der Waals surface area contributed by atoms with Crippen molar-refractivity contribution in [1.82, 2.24) is 20.8 Å². The summed E-state index contributed by atoms with van der Waals surface area (Å²) in [6.45, 7) is 3.51. The first-order valence-electron chi connectivity index (χ1n) is 6.73. The minimum absolute atomic E-state index is 0.174. The summed E-state index contributed by atoms with van der Waals surface area (Å²) in [5, 5.41) is 12.0. The second-order valence-electron chi connectivity index (χ2n) is 4.82. The Hall–Kier alpha value is -2.63. The second kappa shape index (κ2) is 6.69. The molecule has 0 saturated heterocycles. The van der Waals surface area contributed by atoms with Gasteiger partial charge in [0.2, 0.25) is 5.91 Å². The molecule has 3 N–H and O–H groups in total. The first-order chi connectivity index (χ1) is 10.1. The van der Waals surface area contributed by atoms with Crippen LogP contribution in [0.3, 0.4) is 0 Å². The number of nitrogens with zero attached hydrogens (tertiary/aromatic N) is 1. The van der Waals surface area contributed by atoms with Crippen LogP contribution in [0.15, 0.2) is 42.7 Å². The molecule has 0 aliphatic carbocycles. The molecule has 0 saturated carbocycles. The number of carbonyl (C=O) groups is 2.